The predicted molar refractivity (Wildman–Crippen MR) is 95.3 cm³/mol. The van der Waals surface area contributed by atoms with Crippen LogP contribution in [-0.2, 0) is 9.59 Å². The van der Waals surface area contributed by atoms with E-state index in [4.69, 9.17) is 0 Å². The lowest BCUT2D eigenvalue weighted by atomic mass is 9.90. The largest absolute Gasteiger partial charge is 0.326 e. The maximum Gasteiger partial charge on any atom is 0.326 e. The monoisotopic (exact) mass is 343 g/mol. The minimum atomic E-state index is -0.274. The zero-order valence-corrected chi connectivity index (χ0v) is 15.1. The second kappa shape index (κ2) is 6.86. The maximum atomic E-state index is 12.7. The average molecular weight is 343 g/mol. The van der Waals surface area contributed by atoms with E-state index in [-0.39, 0.29) is 24.4 Å². The molecule has 1 fully saturated rings. The number of rotatable bonds is 5. The van der Waals surface area contributed by atoms with E-state index in [9.17, 15) is 14.4 Å². The number of fused-ring (bicyclic) bond motifs is 1. The molecule has 3 rings (SSSR count). The number of carbonyl (C=O) groups excluding carboxylic acids is 3. The molecule has 0 radical (unpaired) electrons. The van der Waals surface area contributed by atoms with Crippen LogP contribution >= 0.6 is 0 Å². The molecular formula is C19H25N3O3. The van der Waals surface area contributed by atoms with Crippen molar-refractivity contribution in [3.63, 3.8) is 0 Å². The smallest absolute Gasteiger partial charge is 0.318 e. The average Bonchev–Trinajstić information content (AvgIpc) is 3.07. The Labute approximate surface area is 148 Å². The van der Waals surface area contributed by atoms with Crippen LogP contribution in [0.25, 0.3) is 0 Å². The summed E-state index contributed by atoms with van der Waals surface area (Å²) < 4.78 is 0. The first-order chi connectivity index (χ1) is 11.9. The Bertz CT molecular complexity index is 701. The van der Waals surface area contributed by atoms with Gasteiger partial charge in [-0.05, 0) is 24.0 Å². The predicted octanol–water partition coefficient (Wildman–Crippen LogP) is 2.45. The van der Waals surface area contributed by atoms with Gasteiger partial charge in [-0.3, -0.25) is 14.5 Å². The van der Waals surface area contributed by atoms with E-state index >= 15 is 0 Å². The number of para-hydroxylation sites is 1. The van der Waals surface area contributed by atoms with Crippen LogP contribution in [0.5, 0.6) is 0 Å². The number of nitrogens with zero attached hydrogens (tertiary/aromatic N) is 3. The van der Waals surface area contributed by atoms with Gasteiger partial charge in [0.05, 0.1) is 0 Å². The Kier molecular flexibility index (Phi) is 4.79. The molecule has 4 amide bonds. The molecule has 1 unspecified atom stereocenters. The molecule has 0 bridgehead atoms. The summed E-state index contributed by atoms with van der Waals surface area (Å²) in [6.45, 7) is 5.49. The van der Waals surface area contributed by atoms with Crippen molar-refractivity contribution in [2.45, 2.75) is 32.6 Å². The van der Waals surface area contributed by atoms with Crippen LogP contribution in [0, 0.1) is 5.92 Å². The van der Waals surface area contributed by atoms with Gasteiger partial charge in [-0.25, -0.2) is 4.79 Å². The molecule has 0 spiro atoms. The van der Waals surface area contributed by atoms with Gasteiger partial charge in [0.1, 0.15) is 6.54 Å². The van der Waals surface area contributed by atoms with Crippen molar-refractivity contribution in [2.75, 3.05) is 31.6 Å². The third-order valence-electron chi connectivity index (χ3n) is 5.12. The molecule has 6 heteroatoms. The Morgan fingerprint density at radius 3 is 2.60 bits per heavy atom. The summed E-state index contributed by atoms with van der Waals surface area (Å²) in [7, 11) is 1.61. The highest BCUT2D eigenvalue weighted by atomic mass is 16.2. The molecule has 0 N–H and O–H groups in total. The molecule has 1 atom stereocenters. The topological polar surface area (TPSA) is 60.9 Å². The normalized spacial score (nSPS) is 20.0. The molecule has 2 aliphatic heterocycles. The number of hydrogen-bond acceptors (Lipinski definition) is 3. The number of carbonyl (C=O) groups is 3. The lowest BCUT2D eigenvalue weighted by Gasteiger charge is -2.20. The molecule has 0 aliphatic carbocycles. The van der Waals surface area contributed by atoms with E-state index in [1.165, 1.54) is 15.4 Å². The van der Waals surface area contributed by atoms with Crippen LogP contribution in [-0.4, -0.2) is 54.3 Å². The van der Waals surface area contributed by atoms with Crippen molar-refractivity contribution in [3.8, 4) is 0 Å². The van der Waals surface area contributed by atoms with Gasteiger partial charge in [0.15, 0.2) is 0 Å². The lowest BCUT2D eigenvalue weighted by molar-refractivity contribution is -0.126. The van der Waals surface area contributed by atoms with Gasteiger partial charge in [-0.2, -0.15) is 0 Å². The molecule has 1 saturated heterocycles. The van der Waals surface area contributed by atoms with Gasteiger partial charge in [0.25, 0.3) is 0 Å². The van der Waals surface area contributed by atoms with Crippen LogP contribution in [0.15, 0.2) is 24.3 Å². The fourth-order valence-corrected chi connectivity index (χ4v) is 3.66. The van der Waals surface area contributed by atoms with Crippen molar-refractivity contribution in [1.82, 2.24) is 9.80 Å². The third-order valence-corrected chi connectivity index (χ3v) is 5.12. The lowest BCUT2D eigenvalue weighted by Crippen LogP contribution is -2.34. The Morgan fingerprint density at radius 1 is 1.24 bits per heavy atom. The van der Waals surface area contributed by atoms with Crippen molar-refractivity contribution < 1.29 is 14.4 Å². The zero-order valence-electron chi connectivity index (χ0n) is 15.1. The van der Waals surface area contributed by atoms with Crippen LogP contribution in [0.1, 0.15) is 38.2 Å². The molecule has 25 heavy (non-hydrogen) atoms. The molecule has 2 aliphatic rings. The molecule has 0 saturated carbocycles. The second-order valence-corrected chi connectivity index (χ2v) is 7.20. The number of hydrogen-bond donors (Lipinski definition) is 0. The molecule has 134 valence electrons. The van der Waals surface area contributed by atoms with E-state index in [1.54, 1.807) is 7.05 Å². The number of benzene rings is 1. The Morgan fingerprint density at radius 2 is 1.96 bits per heavy atom. The summed E-state index contributed by atoms with van der Waals surface area (Å²) in [4.78, 5) is 40.8. The Balaban J connectivity index is 1.61. The van der Waals surface area contributed by atoms with Crippen molar-refractivity contribution >= 4 is 23.5 Å². The van der Waals surface area contributed by atoms with E-state index < -0.39 is 0 Å². The zero-order chi connectivity index (χ0) is 18.1. The molecule has 1 aromatic carbocycles. The first kappa shape index (κ1) is 17.5. The van der Waals surface area contributed by atoms with Crippen LogP contribution in [0.3, 0.4) is 0 Å². The first-order valence-electron chi connectivity index (χ1n) is 8.85. The van der Waals surface area contributed by atoms with Gasteiger partial charge in [-0.1, -0.05) is 32.0 Å². The second-order valence-electron chi connectivity index (χ2n) is 7.20. The summed E-state index contributed by atoms with van der Waals surface area (Å²) in [6, 6.07) is 7.80. The summed E-state index contributed by atoms with van der Waals surface area (Å²) in [6.07, 6.45) is 0.828. The van der Waals surface area contributed by atoms with Gasteiger partial charge in [0, 0.05) is 38.2 Å². The van der Waals surface area contributed by atoms with E-state index in [0.717, 1.165) is 5.69 Å². The number of amides is 4. The number of urea groups is 1. The van der Waals surface area contributed by atoms with Crippen LogP contribution in [0.2, 0.25) is 0 Å². The highest BCUT2D eigenvalue weighted by Crippen LogP contribution is 2.40. The standard InChI is InChI=1S/C19H25N3O3/c1-13(2)15-11-22(16-8-5-4-7-14(15)16)17(23)9-6-10-21-18(24)12-20(3)19(21)25/h4-5,7-8,13,15H,6,9-12H2,1-3H3. The SMILES string of the molecule is CC(C)C1CN(C(=O)CCCN2C(=O)CN(C)C2=O)c2ccccc21. The number of imide groups is 1. The molecular weight excluding hydrogens is 318 g/mol. The first-order valence-corrected chi connectivity index (χ1v) is 8.85. The van der Waals surface area contributed by atoms with Gasteiger partial charge in [0.2, 0.25) is 11.8 Å². The number of anilines is 1. The number of likely N-dealkylation sites (N-methyl/N-ethyl adjacent to an activating group) is 1. The quantitative estimate of drug-likeness (QED) is 0.772. The summed E-state index contributed by atoms with van der Waals surface area (Å²) >= 11 is 0. The van der Waals surface area contributed by atoms with Crippen molar-refractivity contribution in [1.29, 1.82) is 0 Å². The highest BCUT2D eigenvalue weighted by molar-refractivity contribution is 6.02. The minimum Gasteiger partial charge on any atom is -0.318 e. The third kappa shape index (κ3) is 3.25. The van der Waals surface area contributed by atoms with E-state index in [1.807, 2.05) is 23.1 Å². The molecule has 0 aromatic heterocycles. The van der Waals surface area contributed by atoms with Crippen molar-refractivity contribution in [2.24, 2.45) is 5.92 Å². The summed E-state index contributed by atoms with van der Waals surface area (Å²) in [5, 5.41) is 0. The fourth-order valence-electron chi connectivity index (χ4n) is 3.66. The molecule has 6 nitrogen and oxygen atoms in total. The maximum absolute atomic E-state index is 12.7. The Hall–Kier alpha value is -2.37. The van der Waals surface area contributed by atoms with E-state index in [0.29, 0.717) is 37.8 Å². The highest BCUT2D eigenvalue weighted by Gasteiger charge is 2.35. The molecule has 2 heterocycles. The minimum absolute atomic E-state index is 0.0584. The van der Waals surface area contributed by atoms with Gasteiger partial charge in [-0.15, -0.1) is 0 Å². The molecule has 1 aromatic rings. The van der Waals surface area contributed by atoms with Gasteiger partial charge >= 0.3 is 6.03 Å². The fraction of sp³-hybridized carbons (Fsp3) is 0.526. The van der Waals surface area contributed by atoms with Crippen LogP contribution < -0.4 is 4.90 Å². The summed E-state index contributed by atoms with van der Waals surface area (Å²) in [5.74, 6) is 0.694. The van der Waals surface area contributed by atoms with Gasteiger partial charge < -0.3 is 9.80 Å². The van der Waals surface area contributed by atoms with Crippen molar-refractivity contribution in [3.05, 3.63) is 29.8 Å². The summed E-state index contributed by atoms with van der Waals surface area (Å²) in [5.41, 5.74) is 2.23. The van der Waals surface area contributed by atoms with E-state index in [2.05, 4.69) is 19.9 Å². The van der Waals surface area contributed by atoms with Crippen LogP contribution in [0.4, 0.5) is 10.5 Å².